The molecule has 0 radical (unpaired) electrons. The zero-order chi connectivity index (χ0) is 13.0. The van der Waals surface area contributed by atoms with Gasteiger partial charge in [0.1, 0.15) is 5.92 Å². The number of rotatable bonds is 5. The predicted octanol–water partition coefficient (Wildman–Crippen LogP) is 1.35. The van der Waals surface area contributed by atoms with Crippen molar-refractivity contribution in [2.45, 2.75) is 13.3 Å². The number of carbonyl (C=O) groups is 3. The largest absolute Gasteiger partial charge is 0.481 e. The number of carboxylic acids is 2. The number of aliphatic carboxylic acids is 2. The maximum Gasteiger partial charge on any atom is 0.315 e. The Morgan fingerprint density at radius 2 is 1.88 bits per heavy atom. The third-order valence-corrected chi connectivity index (χ3v) is 2.30. The van der Waals surface area contributed by atoms with E-state index >= 15 is 0 Å². The summed E-state index contributed by atoms with van der Waals surface area (Å²) in [4.78, 5) is 33.2. The van der Waals surface area contributed by atoms with Crippen molar-refractivity contribution in [3.05, 3.63) is 35.4 Å². The molecule has 0 saturated carbocycles. The third-order valence-electron chi connectivity index (χ3n) is 2.30. The highest BCUT2D eigenvalue weighted by molar-refractivity contribution is 6.09. The maximum atomic E-state index is 11.8. The molecule has 1 rings (SSSR count). The molecule has 2 N–H and O–H groups in total. The van der Waals surface area contributed by atoms with Crippen molar-refractivity contribution in [2.24, 2.45) is 5.92 Å². The van der Waals surface area contributed by atoms with Crippen LogP contribution in [0.1, 0.15) is 22.3 Å². The predicted molar refractivity (Wildman–Crippen MR) is 58.9 cm³/mol. The minimum absolute atomic E-state index is 0.221. The number of carboxylic acid groups (broad SMARTS) is 2. The van der Waals surface area contributed by atoms with Gasteiger partial charge in [0, 0.05) is 5.56 Å². The maximum absolute atomic E-state index is 11.8. The smallest absolute Gasteiger partial charge is 0.315 e. The zero-order valence-corrected chi connectivity index (χ0v) is 9.21. The summed E-state index contributed by atoms with van der Waals surface area (Å²) in [5.41, 5.74) is 1.04. The van der Waals surface area contributed by atoms with Crippen molar-refractivity contribution in [3.63, 3.8) is 0 Å². The van der Waals surface area contributed by atoms with Crippen molar-refractivity contribution in [2.75, 3.05) is 0 Å². The van der Waals surface area contributed by atoms with Gasteiger partial charge in [-0.25, -0.2) is 0 Å². The van der Waals surface area contributed by atoms with Crippen LogP contribution in [0.15, 0.2) is 24.3 Å². The Bertz CT molecular complexity index is 464. The lowest BCUT2D eigenvalue weighted by atomic mass is 9.94. The molecule has 1 aromatic carbocycles. The topological polar surface area (TPSA) is 91.7 Å². The first kappa shape index (κ1) is 12.9. The molecule has 90 valence electrons. The minimum Gasteiger partial charge on any atom is -0.481 e. The van der Waals surface area contributed by atoms with Crippen LogP contribution in [0.4, 0.5) is 0 Å². The third kappa shape index (κ3) is 3.41. The van der Waals surface area contributed by atoms with E-state index in [1.165, 1.54) is 6.07 Å². The molecule has 0 fully saturated rings. The fourth-order valence-electron chi connectivity index (χ4n) is 1.47. The summed E-state index contributed by atoms with van der Waals surface area (Å²) in [6.07, 6.45) is -0.706. The van der Waals surface area contributed by atoms with E-state index in [1.54, 1.807) is 25.1 Å². The van der Waals surface area contributed by atoms with Crippen LogP contribution >= 0.6 is 0 Å². The highest BCUT2D eigenvalue weighted by Gasteiger charge is 2.29. The highest BCUT2D eigenvalue weighted by Crippen LogP contribution is 2.14. The Kier molecular flexibility index (Phi) is 3.98. The summed E-state index contributed by atoms with van der Waals surface area (Å²) in [7, 11) is 0. The number of hydrogen-bond acceptors (Lipinski definition) is 3. The van der Waals surface area contributed by atoms with E-state index in [2.05, 4.69) is 0 Å². The second kappa shape index (κ2) is 5.25. The van der Waals surface area contributed by atoms with E-state index in [9.17, 15) is 14.4 Å². The van der Waals surface area contributed by atoms with Crippen molar-refractivity contribution in [3.8, 4) is 0 Å². The van der Waals surface area contributed by atoms with Crippen LogP contribution in [0.3, 0.4) is 0 Å². The zero-order valence-electron chi connectivity index (χ0n) is 9.21. The highest BCUT2D eigenvalue weighted by atomic mass is 16.4. The molecule has 1 aromatic rings. The molecule has 0 amide bonds. The number of carbonyl (C=O) groups excluding carboxylic acids is 1. The van der Waals surface area contributed by atoms with Gasteiger partial charge in [0.2, 0.25) is 0 Å². The fraction of sp³-hybridized carbons (Fsp3) is 0.250. The Morgan fingerprint density at radius 1 is 1.24 bits per heavy atom. The van der Waals surface area contributed by atoms with E-state index in [-0.39, 0.29) is 5.56 Å². The van der Waals surface area contributed by atoms with Crippen molar-refractivity contribution < 1.29 is 24.6 Å². The molecule has 1 unspecified atom stereocenters. The number of hydrogen-bond donors (Lipinski definition) is 2. The van der Waals surface area contributed by atoms with Crippen LogP contribution < -0.4 is 0 Å². The monoisotopic (exact) mass is 236 g/mol. The van der Waals surface area contributed by atoms with Crippen LogP contribution in [0.2, 0.25) is 0 Å². The molecule has 0 heterocycles. The number of ketones is 1. The lowest BCUT2D eigenvalue weighted by molar-refractivity contribution is -0.146. The van der Waals surface area contributed by atoms with Gasteiger partial charge in [-0.05, 0) is 13.0 Å². The molecule has 0 bridgehead atoms. The Hall–Kier alpha value is -2.17. The van der Waals surface area contributed by atoms with Crippen molar-refractivity contribution in [1.82, 2.24) is 0 Å². The first-order valence-electron chi connectivity index (χ1n) is 4.97. The quantitative estimate of drug-likeness (QED) is 0.594. The summed E-state index contributed by atoms with van der Waals surface area (Å²) < 4.78 is 0. The van der Waals surface area contributed by atoms with Gasteiger partial charge in [-0.2, -0.15) is 0 Å². The van der Waals surface area contributed by atoms with Crippen LogP contribution in [-0.4, -0.2) is 27.9 Å². The van der Waals surface area contributed by atoms with Gasteiger partial charge in [0.25, 0.3) is 0 Å². The van der Waals surface area contributed by atoms with Gasteiger partial charge in [0.15, 0.2) is 5.78 Å². The van der Waals surface area contributed by atoms with Crippen molar-refractivity contribution >= 4 is 17.7 Å². The number of Topliss-reactive ketones (excluding diaryl/α,β-unsaturated/α-hetero) is 1. The van der Waals surface area contributed by atoms with Gasteiger partial charge in [-0.1, -0.05) is 23.8 Å². The molecule has 5 nitrogen and oxygen atoms in total. The SMILES string of the molecule is Cc1cccc(C(=O)C(CC(=O)O)C(=O)O)c1. The Morgan fingerprint density at radius 3 is 2.35 bits per heavy atom. The Balaban J connectivity index is 3.00. The average Bonchev–Trinajstić information content (AvgIpc) is 2.24. The molecule has 0 aliphatic carbocycles. The van der Waals surface area contributed by atoms with Gasteiger partial charge in [-0.15, -0.1) is 0 Å². The minimum atomic E-state index is -1.53. The number of benzene rings is 1. The fourth-order valence-corrected chi connectivity index (χ4v) is 1.47. The molecular formula is C12H12O5. The summed E-state index contributed by atoms with van der Waals surface area (Å²) in [6.45, 7) is 1.77. The first-order chi connectivity index (χ1) is 7.91. The van der Waals surface area contributed by atoms with Gasteiger partial charge < -0.3 is 10.2 Å². The second-order valence-corrected chi connectivity index (χ2v) is 3.72. The summed E-state index contributed by atoms with van der Waals surface area (Å²) in [5.74, 6) is -4.93. The summed E-state index contributed by atoms with van der Waals surface area (Å²) in [6, 6.07) is 6.42. The molecule has 0 aromatic heterocycles. The van der Waals surface area contributed by atoms with Crippen LogP contribution in [0.5, 0.6) is 0 Å². The van der Waals surface area contributed by atoms with Crippen LogP contribution in [0, 0.1) is 12.8 Å². The van der Waals surface area contributed by atoms with E-state index in [4.69, 9.17) is 10.2 Å². The molecule has 0 aliphatic heterocycles. The van der Waals surface area contributed by atoms with Gasteiger partial charge in [0.05, 0.1) is 6.42 Å². The van der Waals surface area contributed by atoms with E-state index < -0.39 is 30.1 Å². The summed E-state index contributed by atoms with van der Waals surface area (Å²) in [5, 5.41) is 17.4. The normalized spacial score (nSPS) is 11.8. The molecule has 0 saturated heterocycles. The first-order valence-corrected chi connectivity index (χ1v) is 4.97. The van der Waals surface area contributed by atoms with Crippen LogP contribution in [-0.2, 0) is 9.59 Å². The number of aryl methyl sites for hydroxylation is 1. The summed E-state index contributed by atoms with van der Waals surface area (Å²) >= 11 is 0. The van der Waals surface area contributed by atoms with E-state index in [0.717, 1.165) is 5.56 Å². The molecule has 1 atom stereocenters. The van der Waals surface area contributed by atoms with Gasteiger partial charge in [-0.3, -0.25) is 14.4 Å². The molecule has 0 aliphatic rings. The molecule has 17 heavy (non-hydrogen) atoms. The molecule has 5 heteroatoms. The lowest BCUT2D eigenvalue weighted by Crippen LogP contribution is -2.26. The van der Waals surface area contributed by atoms with E-state index in [0.29, 0.717) is 0 Å². The van der Waals surface area contributed by atoms with Crippen LogP contribution in [0.25, 0.3) is 0 Å². The standard InChI is InChI=1S/C12H12O5/c1-7-3-2-4-8(5-7)11(15)9(12(16)17)6-10(13)14/h2-5,9H,6H2,1H3,(H,13,14)(H,16,17). The second-order valence-electron chi connectivity index (χ2n) is 3.72. The lowest BCUT2D eigenvalue weighted by Gasteiger charge is -2.09. The molecule has 0 spiro atoms. The molecular weight excluding hydrogens is 224 g/mol. The average molecular weight is 236 g/mol. The van der Waals surface area contributed by atoms with E-state index in [1.807, 2.05) is 0 Å². The van der Waals surface area contributed by atoms with Crippen molar-refractivity contribution in [1.29, 1.82) is 0 Å². The Labute approximate surface area is 97.7 Å². The van der Waals surface area contributed by atoms with Gasteiger partial charge >= 0.3 is 11.9 Å².